The molecule has 0 bridgehead atoms. The lowest BCUT2D eigenvalue weighted by Gasteiger charge is -2.45. The van der Waals surface area contributed by atoms with Gasteiger partial charge in [-0.15, -0.1) is 0 Å². The number of aromatic nitrogens is 1. The molecule has 6 nitrogen and oxygen atoms in total. The van der Waals surface area contributed by atoms with E-state index in [4.69, 9.17) is 28.5 Å². The molecular weight excluding hydrogens is 397 g/mol. The number of aryl methyl sites for hydroxylation is 1. The third-order valence-electron chi connectivity index (χ3n) is 4.83. The molecular formula is C20H21Cl2N5O. The van der Waals surface area contributed by atoms with Gasteiger partial charge in [0.1, 0.15) is 11.2 Å². The van der Waals surface area contributed by atoms with Crippen molar-refractivity contribution in [3.8, 4) is 6.07 Å². The molecule has 0 spiro atoms. The number of benzene rings is 1. The van der Waals surface area contributed by atoms with Crippen LogP contribution in [0.25, 0.3) is 0 Å². The van der Waals surface area contributed by atoms with E-state index in [1.54, 1.807) is 24.3 Å². The Labute approximate surface area is 174 Å². The molecule has 3 rings (SSSR count). The molecule has 0 saturated carbocycles. The standard InChI is InChI=1S/C20H21Cl2N5O/c1-12-6-16(7-19(22)24-12)25-20(28)27-11-13(2)26(10-14(27)3)17-5-4-15(9-23)18(21)8-17/h4-8,13-14H,10-11H2,1-3H3,(H,24,25,28)/t13-,14+/m0/s1. The summed E-state index contributed by atoms with van der Waals surface area (Å²) >= 11 is 12.2. The molecule has 1 aliphatic rings. The molecule has 0 aliphatic carbocycles. The maximum Gasteiger partial charge on any atom is 0.322 e. The molecule has 2 atom stereocenters. The fourth-order valence-corrected chi connectivity index (χ4v) is 3.91. The highest BCUT2D eigenvalue weighted by molar-refractivity contribution is 6.32. The van der Waals surface area contributed by atoms with Crippen LogP contribution in [0.15, 0.2) is 30.3 Å². The number of nitrogens with zero attached hydrogens (tertiary/aromatic N) is 4. The van der Waals surface area contributed by atoms with Crippen LogP contribution in [-0.2, 0) is 0 Å². The normalized spacial score (nSPS) is 19.3. The van der Waals surface area contributed by atoms with Crippen molar-refractivity contribution in [3.63, 3.8) is 0 Å². The van der Waals surface area contributed by atoms with Gasteiger partial charge in [-0.05, 0) is 51.1 Å². The topological polar surface area (TPSA) is 72.3 Å². The molecule has 1 aromatic carbocycles. The lowest BCUT2D eigenvalue weighted by molar-refractivity contribution is 0.173. The number of nitriles is 1. The Hall–Kier alpha value is -2.49. The number of anilines is 2. The molecule has 0 radical (unpaired) electrons. The molecule has 8 heteroatoms. The van der Waals surface area contributed by atoms with Crippen LogP contribution in [0.1, 0.15) is 25.1 Å². The molecule has 1 aromatic heterocycles. The van der Waals surface area contributed by atoms with Crippen LogP contribution in [0.4, 0.5) is 16.2 Å². The maximum atomic E-state index is 12.8. The van der Waals surface area contributed by atoms with Crippen LogP contribution in [0.2, 0.25) is 10.2 Å². The minimum Gasteiger partial charge on any atom is -0.365 e. The summed E-state index contributed by atoms with van der Waals surface area (Å²) in [6.45, 7) is 7.11. The van der Waals surface area contributed by atoms with E-state index in [0.29, 0.717) is 34.5 Å². The first-order valence-electron chi connectivity index (χ1n) is 8.96. The van der Waals surface area contributed by atoms with Gasteiger partial charge in [-0.1, -0.05) is 23.2 Å². The quantitative estimate of drug-likeness (QED) is 0.718. The van der Waals surface area contributed by atoms with Gasteiger partial charge in [0.25, 0.3) is 0 Å². The molecule has 1 aliphatic heterocycles. The molecule has 146 valence electrons. The monoisotopic (exact) mass is 417 g/mol. The molecule has 2 heterocycles. The van der Waals surface area contributed by atoms with E-state index < -0.39 is 0 Å². The Bertz CT molecular complexity index is 922. The third-order valence-corrected chi connectivity index (χ3v) is 5.33. The van der Waals surface area contributed by atoms with Crippen molar-refractivity contribution in [1.82, 2.24) is 9.88 Å². The number of hydrogen-bond acceptors (Lipinski definition) is 4. The van der Waals surface area contributed by atoms with Crippen molar-refractivity contribution in [2.24, 2.45) is 0 Å². The fraction of sp³-hybridized carbons (Fsp3) is 0.350. The van der Waals surface area contributed by atoms with Crippen molar-refractivity contribution >= 4 is 40.6 Å². The lowest BCUT2D eigenvalue weighted by atomic mass is 10.1. The van der Waals surface area contributed by atoms with Crippen LogP contribution in [-0.4, -0.2) is 41.1 Å². The molecule has 1 saturated heterocycles. The number of urea groups is 1. The third kappa shape index (κ3) is 4.32. The zero-order chi connectivity index (χ0) is 20.4. The van der Waals surface area contributed by atoms with E-state index in [2.05, 4.69) is 28.2 Å². The van der Waals surface area contributed by atoms with Gasteiger partial charge >= 0.3 is 6.03 Å². The number of carbonyl (C=O) groups is 1. The Kier molecular flexibility index (Phi) is 5.97. The fourth-order valence-electron chi connectivity index (χ4n) is 3.44. The Balaban J connectivity index is 1.73. The van der Waals surface area contributed by atoms with Gasteiger partial charge in [0, 0.05) is 42.2 Å². The Morgan fingerprint density at radius 2 is 1.96 bits per heavy atom. The second-order valence-electron chi connectivity index (χ2n) is 7.03. The van der Waals surface area contributed by atoms with Crippen molar-refractivity contribution < 1.29 is 4.79 Å². The van der Waals surface area contributed by atoms with Gasteiger partial charge < -0.3 is 15.1 Å². The van der Waals surface area contributed by atoms with Gasteiger partial charge in [-0.25, -0.2) is 9.78 Å². The number of rotatable bonds is 2. The van der Waals surface area contributed by atoms with Gasteiger partial charge in [0.15, 0.2) is 0 Å². The average Bonchev–Trinajstić information content (AvgIpc) is 2.62. The summed E-state index contributed by atoms with van der Waals surface area (Å²) in [6.07, 6.45) is 0. The summed E-state index contributed by atoms with van der Waals surface area (Å²) in [4.78, 5) is 20.9. The van der Waals surface area contributed by atoms with E-state index in [-0.39, 0.29) is 18.1 Å². The smallest absolute Gasteiger partial charge is 0.322 e. The van der Waals surface area contributed by atoms with Crippen molar-refractivity contribution in [2.75, 3.05) is 23.3 Å². The first-order chi connectivity index (χ1) is 13.3. The summed E-state index contributed by atoms with van der Waals surface area (Å²) in [5, 5.41) is 12.7. The number of amides is 2. The van der Waals surface area contributed by atoms with Crippen molar-refractivity contribution in [3.05, 3.63) is 51.8 Å². The van der Waals surface area contributed by atoms with E-state index >= 15 is 0 Å². The lowest BCUT2D eigenvalue weighted by Crippen LogP contribution is -2.59. The highest BCUT2D eigenvalue weighted by Gasteiger charge is 2.32. The van der Waals surface area contributed by atoms with E-state index in [1.165, 1.54) is 0 Å². The average molecular weight is 418 g/mol. The molecule has 2 aromatic rings. The highest BCUT2D eigenvalue weighted by Crippen LogP contribution is 2.28. The van der Waals surface area contributed by atoms with Crippen LogP contribution < -0.4 is 10.2 Å². The number of pyridine rings is 1. The van der Waals surface area contributed by atoms with E-state index in [0.717, 1.165) is 11.4 Å². The van der Waals surface area contributed by atoms with Crippen molar-refractivity contribution in [2.45, 2.75) is 32.9 Å². The second kappa shape index (κ2) is 8.26. The van der Waals surface area contributed by atoms with Gasteiger partial charge in [0.05, 0.1) is 10.6 Å². The van der Waals surface area contributed by atoms with E-state index in [9.17, 15) is 4.79 Å². The minimum atomic E-state index is -0.168. The number of piperazine rings is 1. The summed E-state index contributed by atoms with van der Waals surface area (Å²) in [7, 11) is 0. The molecule has 2 amide bonds. The molecule has 1 N–H and O–H groups in total. The van der Waals surface area contributed by atoms with Gasteiger partial charge in [-0.3, -0.25) is 0 Å². The van der Waals surface area contributed by atoms with Crippen LogP contribution in [0.5, 0.6) is 0 Å². The predicted molar refractivity (Wildman–Crippen MR) is 112 cm³/mol. The number of carbonyl (C=O) groups excluding carboxylic acids is 1. The van der Waals surface area contributed by atoms with E-state index in [1.807, 2.05) is 24.8 Å². The van der Waals surface area contributed by atoms with Crippen molar-refractivity contribution in [1.29, 1.82) is 5.26 Å². The molecule has 1 fully saturated rings. The number of halogens is 2. The number of hydrogen-bond donors (Lipinski definition) is 1. The Morgan fingerprint density at radius 1 is 1.21 bits per heavy atom. The van der Waals surface area contributed by atoms with Crippen LogP contribution in [0.3, 0.4) is 0 Å². The zero-order valence-corrected chi connectivity index (χ0v) is 17.4. The summed E-state index contributed by atoms with van der Waals surface area (Å²) in [5.74, 6) is 0. The zero-order valence-electron chi connectivity index (χ0n) is 15.9. The first-order valence-corrected chi connectivity index (χ1v) is 9.72. The SMILES string of the molecule is Cc1cc(NC(=O)N2C[C@H](C)N(c3ccc(C#N)c(Cl)c3)C[C@H]2C)cc(Cl)n1. The van der Waals surface area contributed by atoms with Crippen LogP contribution >= 0.6 is 23.2 Å². The Morgan fingerprint density at radius 3 is 2.61 bits per heavy atom. The van der Waals surface area contributed by atoms with Gasteiger partial charge in [-0.2, -0.15) is 5.26 Å². The second-order valence-corrected chi connectivity index (χ2v) is 7.82. The summed E-state index contributed by atoms with van der Waals surface area (Å²) in [6, 6.07) is 10.8. The first kappa shape index (κ1) is 20.2. The number of nitrogens with one attached hydrogen (secondary N) is 1. The minimum absolute atomic E-state index is 0.0102. The van der Waals surface area contributed by atoms with Crippen LogP contribution in [0, 0.1) is 18.3 Å². The maximum absolute atomic E-state index is 12.8. The highest BCUT2D eigenvalue weighted by atomic mass is 35.5. The molecule has 28 heavy (non-hydrogen) atoms. The summed E-state index contributed by atoms with van der Waals surface area (Å²) in [5.41, 5.74) is 2.77. The predicted octanol–water partition coefficient (Wildman–Crippen LogP) is 4.70. The van der Waals surface area contributed by atoms with Gasteiger partial charge in [0.2, 0.25) is 0 Å². The largest absolute Gasteiger partial charge is 0.365 e. The summed E-state index contributed by atoms with van der Waals surface area (Å²) < 4.78 is 0. The molecule has 0 unspecified atom stereocenters.